The highest BCUT2D eigenvalue weighted by molar-refractivity contribution is 5.89. The molecule has 2 atom stereocenters. The van der Waals surface area contributed by atoms with Gasteiger partial charge in [0.25, 0.3) is 0 Å². The van der Waals surface area contributed by atoms with Crippen LogP contribution in [0.15, 0.2) is 0 Å². The van der Waals surface area contributed by atoms with Gasteiger partial charge in [-0.3, -0.25) is 9.59 Å². The molecule has 112 valence electrons. The smallest absolute Gasteiger partial charge is 0.228 e. The minimum atomic E-state index is -0.108. The topological polar surface area (TPSA) is 52.7 Å². The summed E-state index contributed by atoms with van der Waals surface area (Å²) in [6, 6.07) is 0.646. The van der Waals surface area contributed by atoms with Gasteiger partial charge in [-0.1, -0.05) is 12.8 Å². The molecule has 0 aromatic rings. The van der Waals surface area contributed by atoms with E-state index in [2.05, 4.69) is 12.2 Å². The Hall–Kier alpha value is -1.10. The fourth-order valence-electron chi connectivity index (χ4n) is 3.87. The summed E-state index contributed by atoms with van der Waals surface area (Å²) in [5.41, 5.74) is 0. The summed E-state index contributed by atoms with van der Waals surface area (Å²) >= 11 is 0. The second kappa shape index (κ2) is 5.72. The molecule has 1 N–H and O–H groups in total. The van der Waals surface area contributed by atoms with E-state index in [0.717, 1.165) is 32.5 Å². The zero-order chi connectivity index (χ0) is 14.1. The predicted octanol–water partition coefficient (Wildman–Crippen LogP) is 0.598. The first-order chi connectivity index (χ1) is 9.66. The molecule has 3 rings (SSSR count). The van der Waals surface area contributed by atoms with Crippen LogP contribution in [0.5, 0.6) is 0 Å². The van der Waals surface area contributed by atoms with Crippen LogP contribution >= 0.6 is 0 Å². The van der Waals surface area contributed by atoms with Crippen molar-refractivity contribution in [2.24, 2.45) is 5.92 Å². The third-order valence-electron chi connectivity index (χ3n) is 5.06. The first-order valence-corrected chi connectivity index (χ1v) is 7.97. The molecule has 2 saturated heterocycles. The number of carbonyl (C=O) groups excluding carboxylic acids is 2. The third kappa shape index (κ3) is 2.55. The van der Waals surface area contributed by atoms with Gasteiger partial charge in [0.1, 0.15) is 0 Å². The summed E-state index contributed by atoms with van der Waals surface area (Å²) in [6.45, 7) is 5.23. The lowest BCUT2D eigenvalue weighted by Crippen LogP contribution is -2.54. The highest BCUT2D eigenvalue weighted by Crippen LogP contribution is 2.30. The van der Waals surface area contributed by atoms with Gasteiger partial charge in [-0.15, -0.1) is 0 Å². The monoisotopic (exact) mass is 279 g/mol. The largest absolute Gasteiger partial charge is 0.339 e. The van der Waals surface area contributed by atoms with Crippen molar-refractivity contribution in [3.05, 3.63) is 0 Å². The fraction of sp³-hybridized carbons (Fsp3) is 0.867. The molecule has 20 heavy (non-hydrogen) atoms. The van der Waals surface area contributed by atoms with Crippen LogP contribution in [0.4, 0.5) is 0 Å². The van der Waals surface area contributed by atoms with Crippen molar-refractivity contribution in [3.8, 4) is 0 Å². The van der Waals surface area contributed by atoms with E-state index < -0.39 is 0 Å². The molecule has 3 aliphatic rings. The number of hydrogen-bond acceptors (Lipinski definition) is 3. The Morgan fingerprint density at radius 3 is 2.75 bits per heavy atom. The SMILES string of the molecule is CC1CNCCN1C(=O)C1CC(=O)N(C2CCCC2)C1. The Kier molecular flexibility index (Phi) is 3.96. The zero-order valence-corrected chi connectivity index (χ0v) is 12.3. The van der Waals surface area contributed by atoms with Crippen molar-refractivity contribution >= 4 is 11.8 Å². The quantitative estimate of drug-likeness (QED) is 0.805. The van der Waals surface area contributed by atoms with Crippen LogP contribution in [0.3, 0.4) is 0 Å². The average molecular weight is 279 g/mol. The van der Waals surface area contributed by atoms with E-state index in [0.29, 0.717) is 19.0 Å². The Labute approximate surface area is 120 Å². The second-order valence-corrected chi connectivity index (χ2v) is 6.47. The first kappa shape index (κ1) is 13.9. The maximum absolute atomic E-state index is 12.6. The summed E-state index contributed by atoms with van der Waals surface area (Å²) in [4.78, 5) is 28.8. The van der Waals surface area contributed by atoms with Gasteiger partial charge >= 0.3 is 0 Å². The molecule has 3 fully saturated rings. The van der Waals surface area contributed by atoms with E-state index in [9.17, 15) is 9.59 Å². The summed E-state index contributed by atoms with van der Waals surface area (Å²) in [7, 11) is 0. The Morgan fingerprint density at radius 2 is 2.05 bits per heavy atom. The molecule has 2 heterocycles. The predicted molar refractivity (Wildman–Crippen MR) is 76.1 cm³/mol. The third-order valence-corrected chi connectivity index (χ3v) is 5.06. The number of carbonyl (C=O) groups is 2. The molecule has 2 aliphatic heterocycles. The first-order valence-electron chi connectivity index (χ1n) is 7.97. The summed E-state index contributed by atoms with van der Waals surface area (Å²) in [6.07, 6.45) is 5.11. The van der Waals surface area contributed by atoms with E-state index in [1.54, 1.807) is 0 Å². The molecule has 1 aliphatic carbocycles. The van der Waals surface area contributed by atoms with Gasteiger partial charge in [0.2, 0.25) is 11.8 Å². The van der Waals surface area contributed by atoms with Crippen LogP contribution < -0.4 is 5.32 Å². The number of likely N-dealkylation sites (tertiary alicyclic amines) is 1. The van der Waals surface area contributed by atoms with Gasteiger partial charge in [-0.05, 0) is 19.8 Å². The minimum Gasteiger partial charge on any atom is -0.339 e. The van der Waals surface area contributed by atoms with Gasteiger partial charge in [0.15, 0.2) is 0 Å². The number of nitrogens with one attached hydrogen (secondary N) is 1. The van der Waals surface area contributed by atoms with Crippen LogP contribution in [-0.4, -0.2) is 59.9 Å². The molecule has 2 amide bonds. The molecular weight excluding hydrogens is 254 g/mol. The lowest BCUT2D eigenvalue weighted by molar-refractivity contribution is -0.138. The Bertz CT molecular complexity index is 393. The maximum atomic E-state index is 12.6. The number of amides is 2. The minimum absolute atomic E-state index is 0.108. The van der Waals surface area contributed by atoms with Gasteiger partial charge in [0.05, 0.1) is 5.92 Å². The van der Waals surface area contributed by atoms with Crippen LogP contribution in [0.25, 0.3) is 0 Å². The maximum Gasteiger partial charge on any atom is 0.228 e. The van der Waals surface area contributed by atoms with E-state index in [4.69, 9.17) is 0 Å². The van der Waals surface area contributed by atoms with Crippen LogP contribution in [0.2, 0.25) is 0 Å². The van der Waals surface area contributed by atoms with Crippen LogP contribution in [0.1, 0.15) is 39.0 Å². The standard InChI is InChI=1S/C15H25N3O2/c1-11-9-16-6-7-17(11)15(20)12-8-14(19)18(10-12)13-4-2-3-5-13/h11-13,16H,2-10H2,1H3. The number of nitrogens with zero attached hydrogens (tertiary/aromatic N) is 2. The highest BCUT2D eigenvalue weighted by atomic mass is 16.2. The van der Waals surface area contributed by atoms with Crippen LogP contribution in [-0.2, 0) is 9.59 Å². The van der Waals surface area contributed by atoms with Gasteiger partial charge in [-0.25, -0.2) is 0 Å². The fourth-order valence-corrected chi connectivity index (χ4v) is 3.87. The van der Waals surface area contributed by atoms with Crippen molar-refractivity contribution in [2.75, 3.05) is 26.2 Å². The van der Waals surface area contributed by atoms with Gasteiger partial charge in [0, 0.05) is 44.7 Å². The molecule has 0 aromatic carbocycles. The van der Waals surface area contributed by atoms with Crippen molar-refractivity contribution in [1.82, 2.24) is 15.1 Å². The molecule has 0 aromatic heterocycles. The summed E-state index contributed by atoms with van der Waals surface area (Å²) in [5.74, 6) is 0.273. The van der Waals surface area contributed by atoms with Crippen molar-refractivity contribution in [2.45, 2.75) is 51.1 Å². The Balaban J connectivity index is 1.63. The molecule has 0 spiro atoms. The zero-order valence-electron chi connectivity index (χ0n) is 12.3. The second-order valence-electron chi connectivity index (χ2n) is 6.47. The molecule has 5 heteroatoms. The molecular formula is C15H25N3O2. The molecule has 5 nitrogen and oxygen atoms in total. The number of rotatable bonds is 2. The van der Waals surface area contributed by atoms with E-state index in [1.165, 1.54) is 12.8 Å². The Morgan fingerprint density at radius 1 is 1.30 bits per heavy atom. The van der Waals surface area contributed by atoms with E-state index >= 15 is 0 Å². The van der Waals surface area contributed by atoms with Gasteiger partial charge in [-0.2, -0.15) is 0 Å². The number of piperazine rings is 1. The molecule has 0 radical (unpaired) electrons. The number of hydrogen-bond donors (Lipinski definition) is 1. The van der Waals surface area contributed by atoms with Crippen LogP contribution in [0, 0.1) is 5.92 Å². The molecule has 1 saturated carbocycles. The van der Waals surface area contributed by atoms with Gasteiger partial charge < -0.3 is 15.1 Å². The normalized spacial score (nSPS) is 32.1. The van der Waals surface area contributed by atoms with Crippen molar-refractivity contribution < 1.29 is 9.59 Å². The lowest BCUT2D eigenvalue weighted by Gasteiger charge is -2.35. The van der Waals surface area contributed by atoms with Crippen molar-refractivity contribution in [1.29, 1.82) is 0 Å². The summed E-state index contributed by atoms with van der Waals surface area (Å²) < 4.78 is 0. The van der Waals surface area contributed by atoms with E-state index in [1.807, 2.05) is 9.80 Å². The molecule has 0 bridgehead atoms. The lowest BCUT2D eigenvalue weighted by atomic mass is 10.0. The summed E-state index contributed by atoms with van der Waals surface area (Å²) in [5, 5.41) is 3.30. The van der Waals surface area contributed by atoms with Crippen molar-refractivity contribution in [3.63, 3.8) is 0 Å². The van der Waals surface area contributed by atoms with E-state index in [-0.39, 0.29) is 23.8 Å². The molecule has 2 unspecified atom stereocenters. The average Bonchev–Trinajstić information content (AvgIpc) is 3.07. The highest BCUT2D eigenvalue weighted by Gasteiger charge is 2.41.